The highest BCUT2D eigenvalue weighted by molar-refractivity contribution is 5.92. The van der Waals surface area contributed by atoms with Crippen LogP contribution in [0, 0.1) is 11.8 Å². The van der Waals surface area contributed by atoms with Gasteiger partial charge in [0.1, 0.15) is 0 Å². The number of aliphatic hydroxyl groups is 1. The van der Waals surface area contributed by atoms with Crippen molar-refractivity contribution in [1.29, 1.82) is 0 Å². The summed E-state index contributed by atoms with van der Waals surface area (Å²) in [6, 6.07) is 5.99. The molecule has 3 rings (SSSR count). The van der Waals surface area contributed by atoms with Crippen LogP contribution in [0.2, 0.25) is 0 Å². The van der Waals surface area contributed by atoms with Crippen molar-refractivity contribution in [1.82, 2.24) is 14.7 Å². The Kier molecular flexibility index (Phi) is 4.26. The highest BCUT2D eigenvalue weighted by Crippen LogP contribution is 2.25. The topological polar surface area (TPSA) is 70.4 Å². The van der Waals surface area contributed by atoms with E-state index >= 15 is 0 Å². The Hall–Kier alpha value is -2.08. The number of rotatable bonds is 3. The Labute approximate surface area is 136 Å². The van der Waals surface area contributed by atoms with Crippen molar-refractivity contribution >= 4 is 22.6 Å². The van der Waals surface area contributed by atoms with E-state index in [1.165, 1.54) is 0 Å². The third-order valence-electron chi connectivity index (χ3n) is 4.63. The average Bonchev–Trinajstić information content (AvgIpc) is 3.10. The number of carbonyl (C=O) groups excluding carboxylic acids is 1. The molecule has 1 fully saturated rings. The number of aliphatic hydroxyl groups excluding tert-OH is 1. The molecule has 0 saturated carbocycles. The van der Waals surface area contributed by atoms with Crippen LogP contribution < -0.4 is 5.32 Å². The standard InChI is InChI=1S/C17H24N4O2/c1-11(2)21-16-6-15(5-4-13(16)7-18-21)19-17(23)20-8-12(3)14(9-20)10-22/h4-7,11-12,14,22H,8-10H2,1-3H3,(H,19,23)/t12-,14+/m1/s1. The summed E-state index contributed by atoms with van der Waals surface area (Å²) in [6.07, 6.45) is 1.84. The normalized spacial score (nSPS) is 21.3. The van der Waals surface area contributed by atoms with Crippen LogP contribution in [-0.4, -0.2) is 45.5 Å². The first kappa shape index (κ1) is 15.8. The van der Waals surface area contributed by atoms with Crippen LogP contribution in [0.25, 0.3) is 10.9 Å². The highest BCUT2D eigenvalue weighted by atomic mass is 16.3. The molecule has 0 spiro atoms. The number of amides is 2. The van der Waals surface area contributed by atoms with E-state index in [-0.39, 0.29) is 24.6 Å². The number of carbonyl (C=O) groups is 1. The lowest BCUT2D eigenvalue weighted by Gasteiger charge is -2.17. The molecule has 0 unspecified atom stereocenters. The van der Waals surface area contributed by atoms with Crippen molar-refractivity contribution in [3.8, 4) is 0 Å². The van der Waals surface area contributed by atoms with E-state index in [9.17, 15) is 9.90 Å². The van der Waals surface area contributed by atoms with Crippen LogP contribution in [0.1, 0.15) is 26.8 Å². The van der Waals surface area contributed by atoms with Gasteiger partial charge in [0.2, 0.25) is 0 Å². The number of urea groups is 1. The summed E-state index contributed by atoms with van der Waals surface area (Å²) in [6.45, 7) is 7.65. The molecule has 1 aliphatic rings. The van der Waals surface area contributed by atoms with Crippen LogP contribution in [0.5, 0.6) is 0 Å². The fourth-order valence-corrected chi connectivity index (χ4v) is 3.17. The van der Waals surface area contributed by atoms with Crippen molar-refractivity contribution < 1.29 is 9.90 Å². The Bertz CT molecular complexity index is 710. The second-order valence-electron chi connectivity index (χ2n) is 6.71. The van der Waals surface area contributed by atoms with E-state index in [0.717, 1.165) is 16.6 Å². The zero-order chi connectivity index (χ0) is 16.6. The number of anilines is 1. The van der Waals surface area contributed by atoms with Gasteiger partial charge in [-0.25, -0.2) is 4.79 Å². The molecule has 6 nitrogen and oxygen atoms in total. The maximum atomic E-state index is 12.4. The summed E-state index contributed by atoms with van der Waals surface area (Å²) in [5, 5.41) is 17.7. The summed E-state index contributed by atoms with van der Waals surface area (Å²) >= 11 is 0. The van der Waals surface area contributed by atoms with Crippen molar-refractivity contribution in [2.45, 2.75) is 26.8 Å². The van der Waals surface area contributed by atoms with Crippen LogP contribution in [0.4, 0.5) is 10.5 Å². The molecule has 2 heterocycles. The van der Waals surface area contributed by atoms with Gasteiger partial charge in [0.15, 0.2) is 0 Å². The highest BCUT2D eigenvalue weighted by Gasteiger charge is 2.31. The molecule has 2 aromatic rings. The fourth-order valence-electron chi connectivity index (χ4n) is 3.17. The monoisotopic (exact) mass is 316 g/mol. The first-order valence-corrected chi connectivity index (χ1v) is 8.13. The maximum absolute atomic E-state index is 12.4. The molecule has 1 aromatic carbocycles. The largest absolute Gasteiger partial charge is 0.396 e. The predicted molar refractivity (Wildman–Crippen MR) is 90.4 cm³/mol. The minimum atomic E-state index is -0.109. The van der Waals surface area contributed by atoms with Gasteiger partial charge in [-0.1, -0.05) is 6.92 Å². The Morgan fingerprint density at radius 3 is 2.87 bits per heavy atom. The molecular weight excluding hydrogens is 292 g/mol. The molecule has 1 aliphatic heterocycles. The Balaban J connectivity index is 1.76. The zero-order valence-corrected chi connectivity index (χ0v) is 13.9. The minimum absolute atomic E-state index is 0.109. The number of hydrogen-bond donors (Lipinski definition) is 2. The lowest BCUT2D eigenvalue weighted by Crippen LogP contribution is -2.33. The number of nitrogens with one attached hydrogen (secondary N) is 1. The van der Waals surface area contributed by atoms with E-state index in [1.54, 1.807) is 4.90 Å². The van der Waals surface area contributed by atoms with Crippen molar-refractivity contribution in [2.24, 2.45) is 11.8 Å². The van der Waals surface area contributed by atoms with Crippen LogP contribution >= 0.6 is 0 Å². The second kappa shape index (κ2) is 6.20. The van der Waals surface area contributed by atoms with Gasteiger partial charge in [0.05, 0.1) is 11.7 Å². The number of hydrogen-bond acceptors (Lipinski definition) is 3. The molecule has 0 radical (unpaired) electrons. The van der Waals surface area contributed by atoms with E-state index in [0.29, 0.717) is 19.0 Å². The molecule has 6 heteroatoms. The number of nitrogens with zero attached hydrogens (tertiary/aromatic N) is 3. The molecular formula is C17H24N4O2. The van der Waals surface area contributed by atoms with E-state index in [4.69, 9.17) is 0 Å². The molecule has 0 aliphatic carbocycles. The van der Waals surface area contributed by atoms with Gasteiger partial charge in [-0.05, 0) is 38.0 Å². The number of fused-ring (bicyclic) bond motifs is 1. The quantitative estimate of drug-likeness (QED) is 0.914. The van der Waals surface area contributed by atoms with Gasteiger partial charge in [-0.15, -0.1) is 0 Å². The lowest BCUT2D eigenvalue weighted by molar-refractivity contribution is 0.202. The molecule has 0 bridgehead atoms. The first-order valence-electron chi connectivity index (χ1n) is 8.13. The third kappa shape index (κ3) is 3.03. The molecule has 23 heavy (non-hydrogen) atoms. The Morgan fingerprint density at radius 2 is 2.22 bits per heavy atom. The van der Waals surface area contributed by atoms with Crippen molar-refractivity contribution in [3.63, 3.8) is 0 Å². The summed E-state index contributed by atoms with van der Waals surface area (Å²) in [4.78, 5) is 14.2. The smallest absolute Gasteiger partial charge is 0.321 e. The van der Waals surface area contributed by atoms with Gasteiger partial charge in [0, 0.05) is 42.7 Å². The molecule has 124 valence electrons. The van der Waals surface area contributed by atoms with Gasteiger partial charge in [-0.2, -0.15) is 5.10 Å². The summed E-state index contributed by atoms with van der Waals surface area (Å²) in [5.74, 6) is 0.501. The van der Waals surface area contributed by atoms with Crippen LogP contribution in [-0.2, 0) is 0 Å². The third-order valence-corrected chi connectivity index (χ3v) is 4.63. The first-order chi connectivity index (χ1) is 11.0. The van der Waals surface area contributed by atoms with Crippen molar-refractivity contribution in [2.75, 3.05) is 25.0 Å². The zero-order valence-electron chi connectivity index (χ0n) is 13.9. The van der Waals surface area contributed by atoms with Crippen LogP contribution in [0.15, 0.2) is 24.4 Å². The molecule has 1 saturated heterocycles. The van der Waals surface area contributed by atoms with Gasteiger partial charge in [0.25, 0.3) is 0 Å². The van der Waals surface area contributed by atoms with E-state index in [2.05, 4.69) is 31.2 Å². The minimum Gasteiger partial charge on any atom is -0.396 e. The number of benzene rings is 1. The molecule has 2 N–H and O–H groups in total. The number of likely N-dealkylation sites (tertiary alicyclic amines) is 1. The number of aromatic nitrogens is 2. The predicted octanol–water partition coefficient (Wildman–Crippen LogP) is 2.71. The summed E-state index contributed by atoms with van der Waals surface area (Å²) in [7, 11) is 0. The van der Waals surface area contributed by atoms with Gasteiger partial charge >= 0.3 is 6.03 Å². The molecule has 2 amide bonds. The SMILES string of the molecule is CC(C)n1ncc2ccc(NC(=O)N3C[C@@H](CO)[C@H](C)C3)cc21. The lowest BCUT2D eigenvalue weighted by atomic mass is 10.00. The van der Waals surface area contributed by atoms with Crippen LogP contribution in [0.3, 0.4) is 0 Å². The summed E-state index contributed by atoms with van der Waals surface area (Å²) in [5.41, 5.74) is 1.78. The van der Waals surface area contributed by atoms with Gasteiger partial charge < -0.3 is 15.3 Å². The molecule has 1 aromatic heterocycles. The van der Waals surface area contributed by atoms with Crippen molar-refractivity contribution in [3.05, 3.63) is 24.4 Å². The van der Waals surface area contributed by atoms with Gasteiger partial charge in [-0.3, -0.25) is 4.68 Å². The second-order valence-corrected chi connectivity index (χ2v) is 6.71. The molecule has 2 atom stereocenters. The van der Waals surface area contributed by atoms with E-state index < -0.39 is 0 Å². The summed E-state index contributed by atoms with van der Waals surface area (Å²) < 4.78 is 1.95. The fraction of sp³-hybridized carbons (Fsp3) is 0.529. The van der Waals surface area contributed by atoms with E-state index in [1.807, 2.05) is 29.1 Å². The maximum Gasteiger partial charge on any atom is 0.321 e. The Morgan fingerprint density at radius 1 is 1.43 bits per heavy atom. The average molecular weight is 316 g/mol.